The van der Waals surface area contributed by atoms with Crippen LogP contribution < -0.4 is 15.8 Å². The Morgan fingerprint density at radius 1 is 1.26 bits per heavy atom. The van der Waals surface area contributed by atoms with Gasteiger partial charge >= 0.3 is 0 Å². The molecule has 1 saturated heterocycles. The van der Waals surface area contributed by atoms with Crippen molar-refractivity contribution in [3.63, 3.8) is 0 Å². The Bertz CT molecular complexity index is 973. The predicted molar refractivity (Wildman–Crippen MR) is 106 cm³/mol. The van der Waals surface area contributed by atoms with Crippen LogP contribution in [0.3, 0.4) is 0 Å². The van der Waals surface area contributed by atoms with Crippen LogP contribution in [0.1, 0.15) is 38.8 Å². The SMILES string of the molecule is CC(C(=O)Nc1cc2c(cn1)=CCC(C)(c1cncn1C)C=2)N1CCCC1. The number of carbonyl (C=O) groups excluding carboxylic acids is 1. The standard InChI is InChI=1S/C21H27N5O/c1-15(26-8-4-5-9-26)20(27)24-19-10-17-11-21(2,7-6-16(17)12-23-19)18-13-22-14-25(18)3/h6,10-15H,4-5,7-9H2,1-3H3,(H,24,27). The molecule has 0 saturated carbocycles. The van der Waals surface area contributed by atoms with Gasteiger partial charge in [0.1, 0.15) is 5.82 Å². The first-order valence-electron chi connectivity index (χ1n) is 9.67. The van der Waals surface area contributed by atoms with E-state index in [-0.39, 0.29) is 17.4 Å². The molecule has 0 aromatic carbocycles. The zero-order chi connectivity index (χ0) is 19.0. The third-order valence-corrected chi connectivity index (χ3v) is 5.91. The van der Waals surface area contributed by atoms with Crippen LogP contribution in [0.25, 0.3) is 12.2 Å². The Morgan fingerprint density at radius 3 is 2.74 bits per heavy atom. The highest BCUT2D eigenvalue weighted by molar-refractivity contribution is 5.93. The van der Waals surface area contributed by atoms with E-state index in [0.717, 1.165) is 29.9 Å². The highest BCUT2D eigenvalue weighted by atomic mass is 16.2. The summed E-state index contributed by atoms with van der Waals surface area (Å²) in [6.45, 7) is 6.19. The second kappa shape index (κ2) is 6.93. The number of rotatable bonds is 4. The van der Waals surface area contributed by atoms with Gasteiger partial charge in [-0.1, -0.05) is 19.1 Å². The Morgan fingerprint density at radius 2 is 2.04 bits per heavy atom. The summed E-state index contributed by atoms with van der Waals surface area (Å²) in [5, 5.41) is 5.21. The number of anilines is 1. The van der Waals surface area contributed by atoms with E-state index in [4.69, 9.17) is 0 Å². The van der Waals surface area contributed by atoms with Gasteiger partial charge in [-0.05, 0) is 55.8 Å². The summed E-state index contributed by atoms with van der Waals surface area (Å²) in [6.07, 6.45) is 13.3. The third-order valence-electron chi connectivity index (χ3n) is 5.91. The van der Waals surface area contributed by atoms with Crippen molar-refractivity contribution < 1.29 is 4.79 Å². The van der Waals surface area contributed by atoms with Gasteiger partial charge < -0.3 is 9.88 Å². The topological polar surface area (TPSA) is 63.1 Å². The lowest BCUT2D eigenvalue weighted by Gasteiger charge is -2.27. The molecule has 2 aromatic heterocycles. The summed E-state index contributed by atoms with van der Waals surface area (Å²) < 4.78 is 2.07. The zero-order valence-corrected chi connectivity index (χ0v) is 16.3. The van der Waals surface area contributed by atoms with Crippen LogP contribution in [0.4, 0.5) is 5.82 Å². The molecule has 27 heavy (non-hydrogen) atoms. The number of amides is 1. The molecule has 1 N–H and O–H groups in total. The first kappa shape index (κ1) is 17.9. The number of pyridine rings is 1. The van der Waals surface area contributed by atoms with E-state index in [9.17, 15) is 4.79 Å². The van der Waals surface area contributed by atoms with Crippen LogP contribution >= 0.6 is 0 Å². The lowest BCUT2D eigenvalue weighted by atomic mass is 9.80. The third kappa shape index (κ3) is 3.41. The van der Waals surface area contributed by atoms with Crippen molar-refractivity contribution in [3.8, 4) is 0 Å². The molecule has 1 aliphatic carbocycles. The fourth-order valence-corrected chi connectivity index (χ4v) is 4.18. The lowest BCUT2D eigenvalue weighted by Crippen LogP contribution is -2.41. The van der Waals surface area contributed by atoms with E-state index in [1.807, 2.05) is 38.8 Å². The van der Waals surface area contributed by atoms with Crippen LogP contribution in [0.2, 0.25) is 0 Å². The van der Waals surface area contributed by atoms with Gasteiger partial charge in [0.25, 0.3) is 0 Å². The predicted octanol–water partition coefficient (Wildman–Crippen LogP) is 1.16. The molecule has 142 valence electrons. The molecule has 6 heteroatoms. The van der Waals surface area contributed by atoms with Crippen LogP contribution in [0.5, 0.6) is 0 Å². The monoisotopic (exact) mass is 365 g/mol. The van der Waals surface area contributed by atoms with Crippen LogP contribution in [-0.2, 0) is 17.3 Å². The van der Waals surface area contributed by atoms with Gasteiger partial charge in [-0.3, -0.25) is 9.69 Å². The Kier molecular flexibility index (Phi) is 4.60. The summed E-state index contributed by atoms with van der Waals surface area (Å²) in [5.74, 6) is 0.627. The molecule has 1 fully saturated rings. The molecule has 1 aliphatic heterocycles. The summed E-state index contributed by atoms with van der Waals surface area (Å²) in [6, 6.07) is 1.86. The van der Waals surface area contributed by atoms with Crippen molar-refractivity contribution in [1.82, 2.24) is 19.4 Å². The summed E-state index contributed by atoms with van der Waals surface area (Å²) in [4.78, 5) is 23.6. The minimum absolute atomic E-state index is 0.0125. The Balaban J connectivity index is 1.60. The number of aromatic nitrogens is 3. The van der Waals surface area contributed by atoms with Gasteiger partial charge in [-0.2, -0.15) is 0 Å². The van der Waals surface area contributed by atoms with Crippen LogP contribution in [0, 0.1) is 0 Å². The molecule has 1 amide bonds. The van der Waals surface area contributed by atoms with Crippen molar-refractivity contribution >= 4 is 23.9 Å². The van der Waals surface area contributed by atoms with E-state index in [0.29, 0.717) is 5.82 Å². The number of hydrogen-bond acceptors (Lipinski definition) is 4. The quantitative estimate of drug-likeness (QED) is 0.883. The van der Waals surface area contributed by atoms with Crippen LogP contribution in [-0.4, -0.2) is 44.5 Å². The number of likely N-dealkylation sites (tertiary alicyclic amines) is 1. The first-order valence-corrected chi connectivity index (χ1v) is 9.67. The van der Waals surface area contributed by atoms with Gasteiger partial charge in [0.05, 0.1) is 12.4 Å². The molecule has 4 rings (SSSR count). The second-order valence-corrected chi connectivity index (χ2v) is 7.97. The Labute approximate surface area is 159 Å². The zero-order valence-electron chi connectivity index (χ0n) is 16.3. The Hall–Kier alpha value is -2.47. The largest absolute Gasteiger partial charge is 0.337 e. The molecular weight excluding hydrogens is 338 g/mol. The van der Waals surface area contributed by atoms with Gasteiger partial charge in [-0.15, -0.1) is 0 Å². The normalized spacial score (nSPS) is 23.2. The molecule has 0 bridgehead atoms. The maximum atomic E-state index is 12.6. The van der Waals surface area contributed by atoms with E-state index in [2.05, 4.69) is 43.8 Å². The number of imidazole rings is 1. The summed E-state index contributed by atoms with van der Waals surface area (Å²) >= 11 is 0. The molecule has 0 spiro atoms. The second-order valence-electron chi connectivity index (χ2n) is 7.97. The number of nitrogens with one attached hydrogen (secondary N) is 1. The average molecular weight is 365 g/mol. The van der Waals surface area contributed by atoms with Gasteiger partial charge in [0, 0.05) is 30.6 Å². The maximum Gasteiger partial charge on any atom is 0.242 e. The van der Waals surface area contributed by atoms with E-state index in [1.54, 1.807) is 0 Å². The molecule has 2 aromatic rings. The van der Waals surface area contributed by atoms with Crippen molar-refractivity contribution in [1.29, 1.82) is 0 Å². The minimum atomic E-state index is -0.124. The highest BCUT2D eigenvalue weighted by Gasteiger charge is 2.28. The number of hydrogen-bond donors (Lipinski definition) is 1. The van der Waals surface area contributed by atoms with Gasteiger partial charge in [0.15, 0.2) is 0 Å². The first-order chi connectivity index (χ1) is 13.0. The number of aryl methyl sites for hydroxylation is 1. The van der Waals surface area contributed by atoms with Gasteiger partial charge in [0.2, 0.25) is 5.91 Å². The average Bonchev–Trinajstić information content (AvgIpc) is 3.32. The number of fused-ring (bicyclic) bond motifs is 1. The van der Waals surface area contributed by atoms with Crippen molar-refractivity contribution in [3.05, 3.63) is 40.9 Å². The molecule has 0 radical (unpaired) electrons. The number of carbonyl (C=O) groups is 1. The molecule has 3 heterocycles. The van der Waals surface area contributed by atoms with Gasteiger partial charge in [-0.25, -0.2) is 9.97 Å². The maximum absolute atomic E-state index is 12.6. The van der Waals surface area contributed by atoms with E-state index >= 15 is 0 Å². The van der Waals surface area contributed by atoms with Crippen LogP contribution in [0.15, 0.2) is 24.8 Å². The van der Waals surface area contributed by atoms with E-state index < -0.39 is 0 Å². The molecule has 2 atom stereocenters. The summed E-state index contributed by atoms with van der Waals surface area (Å²) in [7, 11) is 2.02. The molecule has 2 aliphatic rings. The molecule has 6 nitrogen and oxygen atoms in total. The minimum Gasteiger partial charge on any atom is -0.337 e. The fourth-order valence-electron chi connectivity index (χ4n) is 4.18. The molecule has 2 unspecified atom stereocenters. The smallest absolute Gasteiger partial charge is 0.242 e. The molecular formula is C21H27N5O. The summed E-state index contributed by atoms with van der Waals surface area (Å²) in [5.41, 5.74) is 1.05. The fraction of sp³-hybridized carbons (Fsp3) is 0.476. The lowest BCUT2D eigenvalue weighted by molar-refractivity contribution is -0.120. The van der Waals surface area contributed by atoms with E-state index in [1.165, 1.54) is 18.5 Å². The number of nitrogens with zero attached hydrogens (tertiary/aromatic N) is 4. The van der Waals surface area contributed by atoms with Crippen molar-refractivity contribution in [2.24, 2.45) is 7.05 Å². The highest BCUT2D eigenvalue weighted by Crippen LogP contribution is 2.30. The van der Waals surface area contributed by atoms with Crippen molar-refractivity contribution in [2.75, 3.05) is 18.4 Å². The van der Waals surface area contributed by atoms with Crippen molar-refractivity contribution in [2.45, 2.75) is 44.6 Å².